The summed E-state index contributed by atoms with van der Waals surface area (Å²) < 4.78 is 151. The van der Waals surface area contributed by atoms with Gasteiger partial charge in [-0.3, -0.25) is 0 Å². The van der Waals surface area contributed by atoms with E-state index in [-0.39, 0.29) is 11.4 Å². The van der Waals surface area contributed by atoms with Crippen molar-refractivity contribution in [2.45, 2.75) is 39.3 Å². The number of benzene rings is 10. The molecule has 0 saturated carbocycles. The molecule has 10 aromatic rings. The highest BCUT2D eigenvalue weighted by Gasteiger charge is 2.27. The molecule has 0 aliphatic rings. The number of rotatable bonds is 10. The Morgan fingerprint density at radius 3 is 1.08 bits per heavy atom. The molecule has 0 N–H and O–H groups in total. The molecule has 0 atom stereocenters. The zero-order chi connectivity index (χ0) is 54.8. The molecule has 0 aliphatic heterocycles. The number of hydrogen-bond acceptors (Lipinski definition) is 2. The third-order valence-electron chi connectivity index (χ3n) is 12.2. The van der Waals surface area contributed by atoms with Crippen molar-refractivity contribution in [3.05, 3.63) is 205 Å². The van der Waals surface area contributed by atoms with Gasteiger partial charge < -0.3 is 9.80 Å². The van der Waals surface area contributed by atoms with Gasteiger partial charge in [-0.25, -0.2) is 17.6 Å². The molecule has 0 fully saturated rings. The van der Waals surface area contributed by atoms with Crippen molar-refractivity contribution >= 4 is 93.0 Å². The predicted molar refractivity (Wildman–Crippen MR) is 276 cm³/mol. The fourth-order valence-electron chi connectivity index (χ4n) is 8.77. The maximum Gasteiger partial charge on any atom is 0.150 e. The van der Waals surface area contributed by atoms with Crippen LogP contribution in [0.15, 0.2) is 182 Å². The van der Waals surface area contributed by atoms with Gasteiger partial charge in [0.15, 0.2) is 0 Å². The van der Waals surface area contributed by atoms with Crippen LogP contribution in [-0.2, 0) is 0 Å². The van der Waals surface area contributed by atoms with Gasteiger partial charge in [-0.2, -0.15) is 0 Å². The van der Waals surface area contributed by atoms with Gasteiger partial charge in [0.25, 0.3) is 0 Å². The van der Waals surface area contributed by atoms with E-state index in [9.17, 15) is 0 Å². The van der Waals surface area contributed by atoms with Crippen LogP contribution < -0.4 is 20.2 Å². The van der Waals surface area contributed by atoms with Crippen LogP contribution in [0, 0.1) is 23.3 Å². The van der Waals surface area contributed by atoms with Crippen LogP contribution in [0.5, 0.6) is 0 Å². The minimum absolute atomic E-state index is 0.172. The number of nitrogens with zero attached hydrogens (tertiary/aromatic N) is 2. The van der Waals surface area contributed by atoms with E-state index >= 15 is 17.6 Å². The van der Waals surface area contributed by atoms with Crippen molar-refractivity contribution < 1.29 is 31.3 Å². The summed E-state index contributed by atoms with van der Waals surface area (Å²) in [5.74, 6) is -4.24. The van der Waals surface area contributed by atoms with Crippen molar-refractivity contribution in [3.8, 4) is 22.3 Å². The van der Waals surface area contributed by atoms with Crippen molar-refractivity contribution in [3.63, 3.8) is 0 Å². The molecule has 10 aromatic carbocycles. The van der Waals surface area contributed by atoms with Gasteiger partial charge in [0, 0.05) is 45.4 Å². The van der Waals surface area contributed by atoms with E-state index in [4.69, 9.17) is 13.7 Å². The Balaban J connectivity index is 1.25. The normalized spacial score (nSPS) is 14.2. The summed E-state index contributed by atoms with van der Waals surface area (Å²) in [6.07, 6.45) is 0. The lowest BCUT2D eigenvalue weighted by atomic mass is 9.91. The predicted octanol–water partition coefficient (Wildman–Crippen LogP) is 16.5. The SMILES string of the molecule is [2H]c1c([2H])c([2H])c(-c2cc(N(c3ccc([Si](C)(C)C)cc3)c3ccc4ccc5c(N(c6ccc([Si](C)(C)C)cc6)c6cc(-c7c([2H])c([2H])c([2H])c([2H])c7[2H])c(F)cc6F)ccc6ccc3c4c65)c(F)cc2F)c([2H])c1[2H]. The Labute approximate surface area is 399 Å². The van der Waals surface area contributed by atoms with Crippen LogP contribution in [0.1, 0.15) is 13.7 Å². The Kier molecular flexibility index (Phi) is 8.13. The molecule has 0 spiro atoms. The van der Waals surface area contributed by atoms with Crippen LogP contribution in [0.3, 0.4) is 0 Å². The molecule has 0 aromatic heterocycles. The van der Waals surface area contributed by atoms with E-state index in [0.29, 0.717) is 56.4 Å². The lowest BCUT2D eigenvalue weighted by molar-refractivity contribution is 0.586. The molecule has 0 radical (unpaired) electrons. The Morgan fingerprint density at radius 2 is 0.727 bits per heavy atom. The van der Waals surface area contributed by atoms with Crippen LogP contribution >= 0.6 is 0 Å². The molecule has 0 heterocycles. The number of halogens is 4. The second-order valence-corrected chi connectivity index (χ2v) is 28.6. The van der Waals surface area contributed by atoms with Gasteiger partial charge >= 0.3 is 0 Å². The van der Waals surface area contributed by atoms with Crippen molar-refractivity contribution in [2.75, 3.05) is 9.80 Å². The first-order valence-corrected chi connectivity index (χ1v) is 28.4. The van der Waals surface area contributed by atoms with Gasteiger partial charge in [0.05, 0.1) is 52.6 Å². The van der Waals surface area contributed by atoms with Crippen LogP contribution in [0.4, 0.5) is 51.7 Å². The first-order valence-electron chi connectivity index (χ1n) is 26.4. The molecule has 2 nitrogen and oxygen atoms in total. The summed E-state index contributed by atoms with van der Waals surface area (Å²) in [5, 5.41) is 6.39. The molecule has 8 heteroatoms. The molecule has 326 valence electrons. The number of anilines is 6. The fraction of sp³-hybridized carbons (Fsp3) is 0.103. The molecule has 0 aliphatic carbocycles. The highest BCUT2D eigenvalue weighted by molar-refractivity contribution is 6.89. The molecule has 0 saturated heterocycles. The molecule has 10 rings (SSSR count). The van der Waals surface area contributed by atoms with Crippen LogP contribution in [0.25, 0.3) is 54.6 Å². The molecular formula is C58H48F4N2Si2. The smallest absolute Gasteiger partial charge is 0.150 e. The summed E-state index contributed by atoms with van der Waals surface area (Å²) >= 11 is 0. The third kappa shape index (κ3) is 7.63. The second-order valence-electron chi connectivity index (χ2n) is 18.4. The molecule has 0 bridgehead atoms. The first-order chi connectivity index (χ1) is 35.8. The van der Waals surface area contributed by atoms with Crippen LogP contribution in [-0.4, -0.2) is 16.1 Å². The van der Waals surface area contributed by atoms with Gasteiger partial charge in [0.2, 0.25) is 0 Å². The second kappa shape index (κ2) is 16.5. The van der Waals surface area contributed by atoms with Crippen molar-refractivity contribution in [1.29, 1.82) is 0 Å². The first kappa shape index (κ1) is 32.6. The van der Waals surface area contributed by atoms with E-state index < -0.39 is 122 Å². The molecular weight excluding hydrogens is 857 g/mol. The van der Waals surface area contributed by atoms with E-state index in [1.165, 1.54) is 12.1 Å². The fourth-order valence-corrected chi connectivity index (χ4v) is 11.1. The summed E-state index contributed by atoms with van der Waals surface area (Å²) in [4.78, 5) is 3.24. The lowest BCUT2D eigenvalue weighted by Gasteiger charge is -2.30. The van der Waals surface area contributed by atoms with E-state index in [1.54, 1.807) is 9.80 Å². The average molecular weight is 915 g/mol. The Hall–Kier alpha value is -7.01. The highest BCUT2D eigenvalue weighted by atomic mass is 28.3. The molecule has 0 unspecified atom stereocenters. The zero-order valence-corrected chi connectivity index (χ0v) is 39.0. The van der Waals surface area contributed by atoms with Gasteiger partial charge in [-0.15, -0.1) is 0 Å². The minimum atomic E-state index is -1.87. The van der Waals surface area contributed by atoms with Gasteiger partial charge in [0.1, 0.15) is 23.3 Å². The Morgan fingerprint density at radius 1 is 0.379 bits per heavy atom. The minimum Gasteiger partial charge on any atom is -0.307 e. The molecule has 0 amide bonds. The van der Waals surface area contributed by atoms with Crippen molar-refractivity contribution in [2.24, 2.45) is 0 Å². The van der Waals surface area contributed by atoms with Crippen LogP contribution in [0.2, 0.25) is 39.3 Å². The summed E-state index contributed by atoms with van der Waals surface area (Å²) in [6.45, 7) is 13.1. The van der Waals surface area contributed by atoms with Gasteiger partial charge in [-0.1, -0.05) is 171 Å². The average Bonchev–Trinajstić information content (AvgIpc) is 3.45. The number of hydrogen-bond donors (Lipinski definition) is 0. The standard InChI is InChI=1S/C58H48F4N2Si2/c1-65(2,3)43-25-21-41(22-26-43)63(55-33-47(49(59)35-51(55)61)37-13-9-7-10-14-37)53-31-19-39-18-30-46-54(32-20-40-17-29-45(53)57(39)58(40)46)64(42-23-27-44(28-24-42)66(4,5)6)56-34-48(50(60)36-52(56)62)38-15-11-8-12-16-38/h7-36H,1-6H3/i7D,8D,9D,10D,11D,12D,13D,14D,15D,16D. The quantitative estimate of drug-likeness (QED) is 0.0766. The largest absolute Gasteiger partial charge is 0.307 e. The topological polar surface area (TPSA) is 6.48 Å². The summed E-state index contributed by atoms with van der Waals surface area (Å²) in [5.41, 5.74) is -0.174. The monoisotopic (exact) mass is 914 g/mol. The van der Waals surface area contributed by atoms with E-state index in [0.717, 1.165) is 21.1 Å². The highest BCUT2D eigenvalue weighted by Crippen LogP contribution is 2.49. The summed E-state index contributed by atoms with van der Waals surface area (Å²) in [6, 6.07) is 27.2. The molecule has 66 heavy (non-hydrogen) atoms. The third-order valence-corrected chi connectivity index (χ3v) is 16.3. The Bertz CT molecular complexity index is 3720. The maximum absolute atomic E-state index is 16.9. The zero-order valence-electron chi connectivity index (χ0n) is 47.0. The van der Waals surface area contributed by atoms with Crippen molar-refractivity contribution in [1.82, 2.24) is 0 Å². The summed E-state index contributed by atoms with van der Waals surface area (Å²) in [7, 11) is -3.74. The van der Waals surface area contributed by atoms with E-state index in [1.807, 2.05) is 97.1 Å². The van der Waals surface area contributed by atoms with E-state index in [2.05, 4.69) is 39.3 Å². The lowest BCUT2D eigenvalue weighted by Crippen LogP contribution is -2.37. The van der Waals surface area contributed by atoms with Gasteiger partial charge in [-0.05, 0) is 81.2 Å². The maximum atomic E-state index is 16.9.